The molecule has 1 fully saturated rings. The van der Waals surface area contributed by atoms with Gasteiger partial charge in [-0.05, 0) is 89.5 Å². The average Bonchev–Trinajstić information content (AvgIpc) is 2.92. The van der Waals surface area contributed by atoms with Crippen LogP contribution in [0, 0.1) is 10.1 Å². The van der Waals surface area contributed by atoms with Crippen LogP contribution >= 0.6 is 31.9 Å². The number of benzene rings is 2. The first-order valence-corrected chi connectivity index (χ1v) is 14.4. The second kappa shape index (κ2) is 15.9. The van der Waals surface area contributed by atoms with Gasteiger partial charge in [0.1, 0.15) is 0 Å². The summed E-state index contributed by atoms with van der Waals surface area (Å²) < 4.78 is 18.3. The maximum Gasteiger partial charge on any atom is 0.311 e. The Morgan fingerprint density at radius 2 is 1.98 bits per heavy atom. The molecule has 0 bridgehead atoms. The molecule has 2 aromatic rings. The van der Waals surface area contributed by atoms with Crippen LogP contribution in [0.25, 0.3) is 6.08 Å². The van der Waals surface area contributed by atoms with Gasteiger partial charge in [-0.2, -0.15) is 0 Å². The van der Waals surface area contributed by atoms with Crippen molar-refractivity contribution in [2.45, 2.75) is 63.5 Å². The molecule has 11 nitrogen and oxygen atoms in total. The molecule has 0 radical (unpaired) electrons. The summed E-state index contributed by atoms with van der Waals surface area (Å²) in [7, 11) is 1.45. The minimum Gasteiger partial charge on any atom is -0.493 e. The number of hydrogen-bond donors (Lipinski definition) is 3. The van der Waals surface area contributed by atoms with Crippen LogP contribution in [-0.4, -0.2) is 48.3 Å². The van der Waals surface area contributed by atoms with E-state index in [4.69, 9.17) is 19.9 Å². The van der Waals surface area contributed by atoms with Gasteiger partial charge in [0.2, 0.25) is 0 Å². The number of anilines is 1. The molecule has 3 rings (SSSR count). The zero-order valence-corrected chi connectivity index (χ0v) is 25.2. The number of carbonyl (C=O) groups excluding carboxylic acids is 1. The largest absolute Gasteiger partial charge is 0.493 e. The van der Waals surface area contributed by atoms with Crippen LogP contribution in [0.2, 0.25) is 0 Å². The molecule has 13 heteroatoms. The number of nitrogen functional groups attached to an aromatic ring is 1. The molecule has 2 aromatic carbocycles. The average molecular weight is 687 g/mol. The number of halogens is 2. The van der Waals surface area contributed by atoms with Crippen LogP contribution in [-0.2, 0) is 20.9 Å². The standard InChI is InChI=1S/C27H33Br2N3O8/c1-37-24-13-17(4-10-23(24)40-25(33)3-2-12-38-32(35)36)5-11-26(34)39-21-8-6-20(7-9-21)31-16-18-14-19(28)15-22(29)27(18)30/h4-5,10-11,13-15,20-21,26,31,34H,2-3,6-9,12,16,30H2,1H3/b11-5+. The van der Waals surface area contributed by atoms with Gasteiger partial charge in [0.25, 0.3) is 5.09 Å². The molecule has 4 N–H and O–H groups in total. The number of hydrogen-bond acceptors (Lipinski definition) is 10. The van der Waals surface area contributed by atoms with Crippen molar-refractivity contribution in [2.75, 3.05) is 19.5 Å². The van der Waals surface area contributed by atoms with E-state index in [1.807, 2.05) is 12.1 Å². The first-order chi connectivity index (χ1) is 19.1. The van der Waals surface area contributed by atoms with Crippen LogP contribution in [0.3, 0.4) is 0 Å². The number of nitrogens with zero attached hydrogens (tertiary/aromatic N) is 1. The van der Waals surface area contributed by atoms with Crippen molar-refractivity contribution in [1.82, 2.24) is 5.32 Å². The first-order valence-electron chi connectivity index (χ1n) is 12.8. The lowest BCUT2D eigenvalue weighted by Gasteiger charge is -2.30. The summed E-state index contributed by atoms with van der Waals surface area (Å²) in [6.45, 7) is 0.484. The molecule has 218 valence electrons. The van der Waals surface area contributed by atoms with Crippen molar-refractivity contribution in [3.8, 4) is 11.5 Å². The summed E-state index contributed by atoms with van der Waals surface area (Å²) >= 11 is 6.98. The smallest absolute Gasteiger partial charge is 0.311 e. The SMILES string of the molecule is COc1cc(/C=C/C(O)OC2CCC(NCc3cc(Br)cc(Br)c3N)CC2)ccc1OC(=O)CCCO[N+](=O)[O-]. The highest BCUT2D eigenvalue weighted by molar-refractivity contribution is 9.11. The highest BCUT2D eigenvalue weighted by atomic mass is 79.9. The first kappa shape index (κ1) is 31.8. The number of aliphatic hydroxyl groups excluding tert-OH is 1. The second-order valence-electron chi connectivity index (χ2n) is 9.25. The summed E-state index contributed by atoms with van der Waals surface area (Å²) in [5.41, 5.74) is 8.65. The van der Waals surface area contributed by atoms with Crippen LogP contribution < -0.4 is 20.5 Å². The number of aliphatic hydroxyl groups is 1. The molecule has 0 spiro atoms. The third kappa shape index (κ3) is 10.4. The van der Waals surface area contributed by atoms with E-state index in [0.717, 1.165) is 45.9 Å². The van der Waals surface area contributed by atoms with Gasteiger partial charge in [-0.3, -0.25) is 4.79 Å². The van der Waals surface area contributed by atoms with Gasteiger partial charge in [0, 0.05) is 28.0 Å². The normalized spacial score (nSPS) is 17.9. The maximum atomic E-state index is 12.0. The molecule has 1 unspecified atom stereocenters. The Kier molecular flexibility index (Phi) is 12.7. The summed E-state index contributed by atoms with van der Waals surface area (Å²) in [6.07, 6.45) is 5.74. The quantitative estimate of drug-likeness (QED) is 0.0462. The fourth-order valence-electron chi connectivity index (χ4n) is 4.28. The molecule has 40 heavy (non-hydrogen) atoms. The second-order valence-corrected chi connectivity index (χ2v) is 11.0. The minimum atomic E-state index is -1.07. The van der Waals surface area contributed by atoms with E-state index in [0.29, 0.717) is 23.9 Å². The van der Waals surface area contributed by atoms with E-state index in [-0.39, 0.29) is 31.3 Å². The van der Waals surface area contributed by atoms with Gasteiger partial charge in [-0.1, -0.05) is 28.1 Å². The van der Waals surface area contributed by atoms with Gasteiger partial charge in [0.05, 0.1) is 25.5 Å². The topological polar surface area (TPSA) is 155 Å². The summed E-state index contributed by atoms with van der Waals surface area (Å²) in [4.78, 5) is 26.3. The zero-order chi connectivity index (χ0) is 29.1. The fraction of sp³-hybridized carbons (Fsp3) is 0.444. The van der Waals surface area contributed by atoms with Crippen molar-refractivity contribution < 1.29 is 34.0 Å². The maximum absolute atomic E-state index is 12.0. The number of carbonyl (C=O) groups is 1. The lowest BCUT2D eigenvalue weighted by molar-refractivity contribution is -0.757. The zero-order valence-electron chi connectivity index (χ0n) is 22.0. The van der Waals surface area contributed by atoms with E-state index in [2.05, 4.69) is 42.0 Å². The summed E-state index contributed by atoms with van der Waals surface area (Å²) in [5.74, 6) is -0.0138. The minimum absolute atomic E-state index is 0.0439. The Labute approximate surface area is 249 Å². The molecule has 1 saturated carbocycles. The number of nitrogens with one attached hydrogen (secondary N) is 1. The molecule has 0 amide bonds. The summed E-state index contributed by atoms with van der Waals surface area (Å²) in [6, 6.07) is 9.23. The van der Waals surface area contributed by atoms with Gasteiger partial charge < -0.3 is 35.2 Å². The number of nitrogens with two attached hydrogens (primary N) is 1. The van der Waals surface area contributed by atoms with Crippen LogP contribution in [0.4, 0.5) is 5.69 Å². The number of methoxy groups -OCH3 is 1. The van der Waals surface area contributed by atoms with Crippen LogP contribution in [0.1, 0.15) is 49.7 Å². The number of ether oxygens (including phenoxy) is 3. The Balaban J connectivity index is 1.42. The molecule has 1 atom stereocenters. The predicted molar refractivity (Wildman–Crippen MR) is 156 cm³/mol. The van der Waals surface area contributed by atoms with Crippen molar-refractivity contribution in [3.05, 3.63) is 66.6 Å². The van der Waals surface area contributed by atoms with Crippen LogP contribution in [0.5, 0.6) is 11.5 Å². The van der Waals surface area contributed by atoms with Crippen molar-refractivity contribution >= 4 is 49.6 Å². The molecule has 1 aliphatic carbocycles. The van der Waals surface area contributed by atoms with Crippen LogP contribution in [0.15, 0.2) is 45.4 Å². The number of rotatable bonds is 14. The third-order valence-electron chi connectivity index (χ3n) is 6.35. The summed E-state index contributed by atoms with van der Waals surface area (Å²) in [5, 5.41) is 23.2. The van der Waals surface area contributed by atoms with E-state index in [9.17, 15) is 20.0 Å². The Hall–Kier alpha value is -2.71. The Bertz CT molecular complexity index is 1190. The Morgan fingerprint density at radius 1 is 1.23 bits per heavy atom. The van der Waals surface area contributed by atoms with Gasteiger partial charge in [-0.25, -0.2) is 0 Å². The molecular weight excluding hydrogens is 654 g/mol. The van der Waals surface area contributed by atoms with E-state index in [1.165, 1.54) is 7.11 Å². The highest BCUT2D eigenvalue weighted by Crippen LogP contribution is 2.30. The molecule has 0 saturated heterocycles. The lowest BCUT2D eigenvalue weighted by atomic mass is 9.92. The molecular formula is C27H33Br2N3O8. The van der Waals surface area contributed by atoms with Crippen molar-refractivity contribution in [2.24, 2.45) is 0 Å². The predicted octanol–water partition coefficient (Wildman–Crippen LogP) is 5.15. The van der Waals surface area contributed by atoms with Gasteiger partial charge in [0.15, 0.2) is 17.8 Å². The van der Waals surface area contributed by atoms with E-state index in [1.54, 1.807) is 30.4 Å². The van der Waals surface area contributed by atoms with E-state index < -0.39 is 17.3 Å². The van der Waals surface area contributed by atoms with Crippen molar-refractivity contribution in [1.29, 1.82) is 0 Å². The molecule has 0 heterocycles. The van der Waals surface area contributed by atoms with Gasteiger partial charge in [-0.15, -0.1) is 10.1 Å². The highest BCUT2D eigenvalue weighted by Gasteiger charge is 2.23. The van der Waals surface area contributed by atoms with Crippen molar-refractivity contribution in [3.63, 3.8) is 0 Å². The lowest BCUT2D eigenvalue weighted by Crippen LogP contribution is -2.36. The number of esters is 1. The Morgan fingerprint density at radius 3 is 2.67 bits per heavy atom. The molecule has 0 aromatic heterocycles. The monoisotopic (exact) mass is 685 g/mol. The fourth-order valence-corrected chi connectivity index (χ4v) is 5.59. The molecule has 0 aliphatic heterocycles. The molecule has 1 aliphatic rings. The third-order valence-corrected chi connectivity index (χ3v) is 7.47. The van der Waals surface area contributed by atoms with E-state index >= 15 is 0 Å². The van der Waals surface area contributed by atoms with Gasteiger partial charge >= 0.3 is 5.97 Å².